The van der Waals surface area contributed by atoms with Crippen LogP contribution in [0.2, 0.25) is 0 Å². The van der Waals surface area contributed by atoms with Crippen molar-refractivity contribution in [3.05, 3.63) is 95.3 Å². The predicted octanol–water partition coefficient (Wildman–Crippen LogP) is 5.16. The Kier molecular flexibility index (Phi) is 5.57. The molecule has 0 fully saturated rings. The predicted molar refractivity (Wildman–Crippen MR) is 112 cm³/mol. The molecule has 29 heavy (non-hydrogen) atoms. The van der Waals surface area contributed by atoms with Crippen LogP contribution < -0.4 is 4.72 Å². The van der Waals surface area contributed by atoms with Gasteiger partial charge in [-0.25, -0.2) is 12.8 Å². The molecule has 0 aliphatic carbocycles. The maximum absolute atomic E-state index is 13.0. The Morgan fingerprint density at radius 2 is 1.48 bits per heavy atom. The number of carbonyl (C=O) groups excluding carboxylic acids is 1. The minimum Gasteiger partial charge on any atom is -0.289 e. The number of anilines is 1. The van der Waals surface area contributed by atoms with Crippen LogP contribution in [0.15, 0.2) is 77.7 Å². The Balaban J connectivity index is 1.83. The summed E-state index contributed by atoms with van der Waals surface area (Å²) in [6.45, 7) is 6.29. The van der Waals surface area contributed by atoms with Gasteiger partial charge in [0.2, 0.25) is 0 Å². The Hall–Kier alpha value is -2.99. The minimum atomic E-state index is -3.89. The van der Waals surface area contributed by atoms with E-state index in [1.165, 1.54) is 18.2 Å². The number of benzene rings is 3. The zero-order valence-electron chi connectivity index (χ0n) is 16.4. The minimum absolute atomic E-state index is 0.0138. The molecule has 0 aliphatic heterocycles. The van der Waals surface area contributed by atoms with Crippen LogP contribution in [0.4, 0.5) is 10.1 Å². The highest BCUT2D eigenvalue weighted by Crippen LogP contribution is 2.24. The van der Waals surface area contributed by atoms with Crippen LogP contribution >= 0.6 is 0 Å². The number of sulfonamides is 1. The molecule has 3 aromatic carbocycles. The van der Waals surface area contributed by atoms with E-state index in [0.717, 1.165) is 17.7 Å². The molecule has 3 rings (SSSR count). The molecule has 1 N–H and O–H groups in total. The molecule has 150 valence electrons. The lowest BCUT2D eigenvalue weighted by molar-refractivity contribution is 0.103. The SMILES string of the molecule is CC(C)(C)c1ccc(C(=O)c2cccc(NS(=O)(=O)c3ccc(F)cc3)c2)cc1. The van der Waals surface area contributed by atoms with E-state index in [9.17, 15) is 17.6 Å². The monoisotopic (exact) mass is 411 g/mol. The summed E-state index contributed by atoms with van der Waals surface area (Å²) in [5.41, 5.74) is 2.26. The number of nitrogens with one attached hydrogen (secondary N) is 1. The second-order valence-electron chi connectivity index (χ2n) is 7.80. The molecule has 0 unspecified atom stereocenters. The maximum atomic E-state index is 13.0. The number of hydrogen-bond acceptors (Lipinski definition) is 3. The molecule has 4 nitrogen and oxygen atoms in total. The first-order valence-electron chi connectivity index (χ1n) is 9.10. The highest BCUT2D eigenvalue weighted by Gasteiger charge is 2.17. The van der Waals surface area contributed by atoms with Crippen molar-refractivity contribution in [1.82, 2.24) is 0 Å². The Morgan fingerprint density at radius 3 is 2.07 bits per heavy atom. The van der Waals surface area contributed by atoms with Gasteiger partial charge >= 0.3 is 0 Å². The second-order valence-corrected chi connectivity index (χ2v) is 9.48. The summed E-state index contributed by atoms with van der Waals surface area (Å²) < 4.78 is 40.4. The van der Waals surface area contributed by atoms with Gasteiger partial charge < -0.3 is 0 Å². The molecule has 3 aromatic rings. The van der Waals surface area contributed by atoms with E-state index >= 15 is 0 Å². The first-order valence-corrected chi connectivity index (χ1v) is 10.6. The van der Waals surface area contributed by atoms with Gasteiger partial charge in [-0.1, -0.05) is 57.2 Å². The van der Waals surface area contributed by atoms with Crippen LogP contribution in [0, 0.1) is 5.82 Å². The van der Waals surface area contributed by atoms with Crippen molar-refractivity contribution >= 4 is 21.5 Å². The van der Waals surface area contributed by atoms with Crippen molar-refractivity contribution in [3.8, 4) is 0 Å². The Labute approximate surface area is 170 Å². The largest absolute Gasteiger partial charge is 0.289 e. The first kappa shape index (κ1) is 20.7. The standard InChI is InChI=1S/C23H22FNO3S/c1-23(2,3)18-9-7-16(8-10-18)22(26)17-5-4-6-20(15-17)25-29(27,28)21-13-11-19(24)12-14-21/h4-15,25H,1-3H3. The molecule has 0 spiro atoms. The van der Waals surface area contributed by atoms with E-state index in [1.54, 1.807) is 30.3 Å². The first-order chi connectivity index (χ1) is 13.6. The van der Waals surface area contributed by atoms with Crippen molar-refractivity contribution in [2.45, 2.75) is 31.1 Å². The molecular weight excluding hydrogens is 389 g/mol. The summed E-state index contributed by atoms with van der Waals surface area (Å²) >= 11 is 0. The molecule has 0 atom stereocenters. The van der Waals surface area contributed by atoms with E-state index in [1.807, 2.05) is 12.1 Å². The van der Waals surface area contributed by atoms with E-state index in [4.69, 9.17) is 0 Å². The summed E-state index contributed by atoms with van der Waals surface area (Å²) in [7, 11) is -3.89. The molecule has 0 amide bonds. The van der Waals surface area contributed by atoms with Crippen molar-refractivity contribution in [2.75, 3.05) is 4.72 Å². The fourth-order valence-electron chi connectivity index (χ4n) is 2.84. The van der Waals surface area contributed by atoms with Crippen molar-refractivity contribution in [2.24, 2.45) is 0 Å². The van der Waals surface area contributed by atoms with Crippen LogP contribution in [-0.2, 0) is 15.4 Å². The van der Waals surface area contributed by atoms with Crippen molar-refractivity contribution < 1.29 is 17.6 Å². The van der Waals surface area contributed by atoms with Crippen LogP contribution in [0.1, 0.15) is 42.3 Å². The molecule has 0 saturated carbocycles. The number of rotatable bonds is 5. The molecule has 0 saturated heterocycles. The van der Waals surface area contributed by atoms with Gasteiger partial charge in [0.15, 0.2) is 5.78 Å². The van der Waals surface area contributed by atoms with Crippen LogP contribution in [0.25, 0.3) is 0 Å². The van der Waals surface area contributed by atoms with Crippen molar-refractivity contribution in [3.63, 3.8) is 0 Å². The van der Waals surface area contributed by atoms with E-state index in [-0.39, 0.29) is 21.8 Å². The Morgan fingerprint density at radius 1 is 0.862 bits per heavy atom. The lowest BCUT2D eigenvalue weighted by atomic mass is 9.86. The van der Waals surface area contributed by atoms with Gasteiger partial charge in [-0.15, -0.1) is 0 Å². The fraction of sp³-hybridized carbons (Fsp3) is 0.174. The molecule has 0 heterocycles. The van der Waals surface area contributed by atoms with E-state index < -0.39 is 15.8 Å². The molecule has 0 bridgehead atoms. The third kappa shape index (κ3) is 4.90. The summed E-state index contributed by atoms with van der Waals surface area (Å²) in [5.74, 6) is -0.720. The zero-order valence-corrected chi connectivity index (χ0v) is 17.3. The topological polar surface area (TPSA) is 63.2 Å². The third-order valence-corrected chi connectivity index (χ3v) is 5.91. The third-order valence-electron chi connectivity index (χ3n) is 4.51. The number of carbonyl (C=O) groups is 1. The normalized spacial score (nSPS) is 11.9. The van der Waals surface area contributed by atoms with Gasteiger partial charge in [0.1, 0.15) is 5.82 Å². The van der Waals surface area contributed by atoms with E-state index in [2.05, 4.69) is 25.5 Å². The van der Waals surface area contributed by atoms with Crippen LogP contribution in [-0.4, -0.2) is 14.2 Å². The average Bonchev–Trinajstić information content (AvgIpc) is 2.67. The van der Waals surface area contributed by atoms with Crippen LogP contribution in [0.3, 0.4) is 0 Å². The summed E-state index contributed by atoms with van der Waals surface area (Å²) in [6, 6.07) is 18.2. The average molecular weight is 411 g/mol. The van der Waals surface area contributed by atoms with Gasteiger partial charge in [-0.05, 0) is 47.4 Å². The highest BCUT2D eigenvalue weighted by atomic mass is 32.2. The summed E-state index contributed by atoms with van der Waals surface area (Å²) in [5, 5.41) is 0. The van der Waals surface area contributed by atoms with Gasteiger partial charge in [-0.2, -0.15) is 0 Å². The number of hydrogen-bond donors (Lipinski definition) is 1. The maximum Gasteiger partial charge on any atom is 0.261 e. The lowest BCUT2D eigenvalue weighted by Gasteiger charge is -2.19. The summed E-state index contributed by atoms with van der Waals surface area (Å²) in [4.78, 5) is 12.8. The smallest absolute Gasteiger partial charge is 0.261 e. The summed E-state index contributed by atoms with van der Waals surface area (Å²) in [6.07, 6.45) is 0. The number of halogens is 1. The second kappa shape index (κ2) is 7.79. The Bertz CT molecular complexity index is 1130. The lowest BCUT2D eigenvalue weighted by Crippen LogP contribution is -2.13. The van der Waals surface area contributed by atoms with E-state index in [0.29, 0.717) is 11.1 Å². The number of ketones is 1. The van der Waals surface area contributed by atoms with Crippen molar-refractivity contribution in [1.29, 1.82) is 0 Å². The van der Waals surface area contributed by atoms with Gasteiger partial charge in [-0.3, -0.25) is 9.52 Å². The zero-order chi connectivity index (χ0) is 21.2. The van der Waals surface area contributed by atoms with Crippen LogP contribution in [0.5, 0.6) is 0 Å². The molecule has 0 aliphatic rings. The molecule has 0 aromatic heterocycles. The quantitative estimate of drug-likeness (QED) is 0.590. The van der Waals surface area contributed by atoms with Gasteiger partial charge in [0.05, 0.1) is 4.90 Å². The molecular formula is C23H22FNO3S. The molecule has 6 heteroatoms. The fourth-order valence-corrected chi connectivity index (χ4v) is 3.89. The van der Waals surface area contributed by atoms with Gasteiger partial charge in [0, 0.05) is 16.8 Å². The van der Waals surface area contributed by atoms with Gasteiger partial charge in [0.25, 0.3) is 10.0 Å². The molecule has 0 radical (unpaired) electrons. The highest BCUT2D eigenvalue weighted by molar-refractivity contribution is 7.92.